The molecule has 19 heavy (non-hydrogen) atoms. The molecule has 0 aliphatic carbocycles. The van der Waals surface area contributed by atoms with Crippen LogP contribution in [0.2, 0.25) is 0 Å². The lowest BCUT2D eigenvalue weighted by Gasteiger charge is -2.22. The molecule has 0 radical (unpaired) electrons. The maximum Gasteiger partial charge on any atom is 0.307 e. The lowest BCUT2D eigenvalue weighted by atomic mass is 10.2. The van der Waals surface area contributed by atoms with Gasteiger partial charge in [-0.3, -0.25) is 14.7 Å². The van der Waals surface area contributed by atoms with Crippen LogP contribution < -0.4 is 0 Å². The van der Waals surface area contributed by atoms with Crippen LogP contribution in [0, 0.1) is 0 Å². The van der Waals surface area contributed by atoms with Crippen LogP contribution in [-0.2, 0) is 16.1 Å². The normalized spacial score (nSPS) is 11.6. The van der Waals surface area contributed by atoms with E-state index in [1.54, 1.807) is 6.20 Å². The van der Waals surface area contributed by atoms with E-state index < -0.39 is 5.60 Å². The summed E-state index contributed by atoms with van der Waals surface area (Å²) in [6.07, 6.45) is 2.20. The first-order chi connectivity index (χ1) is 8.90. The zero-order valence-corrected chi connectivity index (χ0v) is 12.3. The van der Waals surface area contributed by atoms with Crippen molar-refractivity contribution in [2.45, 2.75) is 46.3 Å². The Morgan fingerprint density at radius 2 is 2.11 bits per heavy atom. The first kappa shape index (κ1) is 15.6. The SMILES string of the molecule is CCN(CCC(=O)OC(C)(C)C)Cc1ccccn1. The second-order valence-electron chi connectivity index (χ2n) is 5.53. The molecule has 4 nitrogen and oxygen atoms in total. The molecular weight excluding hydrogens is 240 g/mol. The topological polar surface area (TPSA) is 42.4 Å². The summed E-state index contributed by atoms with van der Waals surface area (Å²) in [5.41, 5.74) is 0.614. The van der Waals surface area contributed by atoms with Crippen molar-refractivity contribution in [2.75, 3.05) is 13.1 Å². The van der Waals surface area contributed by atoms with Gasteiger partial charge in [0, 0.05) is 19.3 Å². The van der Waals surface area contributed by atoms with E-state index in [-0.39, 0.29) is 5.97 Å². The molecule has 4 heteroatoms. The van der Waals surface area contributed by atoms with Gasteiger partial charge < -0.3 is 4.74 Å². The first-order valence-corrected chi connectivity index (χ1v) is 6.75. The molecule has 0 bridgehead atoms. The Balaban J connectivity index is 2.39. The molecule has 1 aromatic rings. The van der Waals surface area contributed by atoms with E-state index in [1.807, 2.05) is 39.0 Å². The summed E-state index contributed by atoms with van der Waals surface area (Å²) in [6.45, 7) is 10.1. The van der Waals surface area contributed by atoms with Crippen LogP contribution in [0.3, 0.4) is 0 Å². The number of nitrogens with zero attached hydrogens (tertiary/aromatic N) is 2. The van der Waals surface area contributed by atoms with Crippen LogP contribution >= 0.6 is 0 Å². The Morgan fingerprint density at radius 1 is 1.37 bits per heavy atom. The fourth-order valence-electron chi connectivity index (χ4n) is 1.71. The monoisotopic (exact) mass is 264 g/mol. The lowest BCUT2D eigenvalue weighted by molar-refractivity contribution is -0.155. The Kier molecular flexibility index (Phi) is 5.96. The van der Waals surface area contributed by atoms with E-state index in [1.165, 1.54) is 0 Å². The van der Waals surface area contributed by atoms with E-state index in [4.69, 9.17) is 4.74 Å². The van der Waals surface area contributed by atoms with Gasteiger partial charge in [-0.05, 0) is 39.4 Å². The molecular formula is C15H24N2O2. The van der Waals surface area contributed by atoms with E-state index in [0.29, 0.717) is 13.0 Å². The average Bonchev–Trinajstić information content (AvgIpc) is 2.33. The number of hydrogen-bond donors (Lipinski definition) is 0. The molecule has 0 aromatic carbocycles. The standard InChI is InChI=1S/C15H24N2O2/c1-5-17(12-13-8-6-7-10-16-13)11-9-14(18)19-15(2,3)4/h6-8,10H,5,9,11-12H2,1-4H3. The molecule has 0 N–H and O–H groups in total. The van der Waals surface area contributed by atoms with Crippen molar-refractivity contribution < 1.29 is 9.53 Å². The van der Waals surface area contributed by atoms with Gasteiger partial charge in [0.2, 0.25) is 0 Å². The van der Waals surface area contributed by atoms with Gasteiger partial charge in [0.1, 0.15) is 5.60 Å². The molecule has 106 valence electrons. The Labute approximate surface area is 115 Å². The summed E-state index contributed by atoms with van der Waals surface area (Å²) in [7, 11) is 0. The van der Waals surface area contributed by atoms with E-state index in [9.17, 15) is 4.79 Å². The molecule has 1 heterocycles. The minimum absolute atomic E-state index is 0.146. The third-order valence-electron chi connectivity index (χ3n) is 2.61. The van der Waals surface area contributed by atoms with Gasteiger partial charge in [-0.1, -0.05) is 13.0 Å². The first-order valence-electron chi connectivity index (χ1n) is 6.75. The highest BCUT2D eigenvalue weighted by Gasteiger charge is 2.16. The Bertz CT molecular complexity index is 385. The van der Waals surface area contributed by atoms with Crippen LogP contribution in [-0.4, -0.2) is 34.5 Å². The molecule has 1 aromatic heterocycles. The highest BCUT2D eigenvalue weighted by atomic mass is 16.6. The van der Waals surface area contributed by atoms with Crippen molar-refractivity contribution in [2.24, 2.45) is 0 Å². The van der Waals surface area contributed by atoms with Crippen LogP contribution in [0.25, 0.3) is 0 Å². The molecule has 0 aliphatic rings. The van der Waals surface area contributed by atoms with Crippen LogP contribution in [0.5, 0.6) is 0 Å². The largest absolute Gasteiger partial charge is 0.460 e. The maximum atomic E-state index is 11.7. The van der Waals surface area contributed by atoms with Crippen molar-refractivity contribution >= 4 is 5.97 Å². The van der Waals surface area contributed by atoms with Gasteiger partial charge in [0.15, 0.2) is 0 Å². The summed E-state index contributed by atoms with van der Waals surface area (Å²) >= 11 is 0. The number of carbonyl (C=O) groups is 1. The maximum absolute atomic E-state index is 11.7. The minimum atomic E-state index is -0.408. The number of pyridine rings is 1. The summed E-state index contributed by atoms with van der Waals surface area (Å²) in [5, 5.41) is 0. The zero-order valence-electron chi connectivity index (χ0n) is 12.3. The number of ether oxygens (including phenoxy) is 1. The van der Waals surface area contributed by atoms with Gasteiger partial charge in [-0.2, -0.15) is 0 Å². The van der Waals surface area contributed by atoms with Crippen molar-refractivity contribution in [1.29, 1.82) is 0 Å². The van der Waals surface area contributed by atoms with Crippen molar-refractivity contribution in [3.05, 3.63) is 30.1 Å². The van der Waals surface area contributed by atoms with Gasteiger partial charge in [0.25, 0.3) is 0 Å². The predicted molar refractivity (Wildman–Crippen MR) is 75.7 cm³/mol. The summed E-state index contributed by atoms with van der Waals surface area (Å²) in [5.74, 6) is -0.146. The second-order valence-corrected chi connectivity index (χ2v) is 5.53. The third kappa shape index (κ3) is 6.91. The molecule has 0 atom stereocenters. The van der Waals surface area contributed by atoms with Crippen molar-refractivity contribution in [3.8, 4) is 0 Å². The number of esters is 1. The molecule has 0 amide bonds. The molecule has 0 unspecified atom stereocenters. The van der Waals surface area contributed by atoms with E-state index >= 15 is 0 Å². The van der Waals surface area contributed by atoms with E-state index in [2.05, 4.69) is 16.8 Å². The summed E-state index contributed by atoms with van der Waals surface area (Å²) < 4.78 is 5.30. The molecule has 0 fully saturated rings. The Morgan fingerprint density at radius 3 is 2.63 bits per heavy atom. The van der Waals surface area contributed by atoms with Crippen LogP contribution in [0.1, 0.15) is 39.8 Å². The average molecular weight is 264 g/mol. The zero-order chi connectivity index (χ0) is 14.3. The molecule has 1 rings (SSSR count). The van der Waals surface area contributed by atoms with Crippen molar-refractivity contribution in [3.63, 3.8) is 0 Å². The van der Waals surface area contributed by atoms with Gasteiger partial charge in [-0.15, -0.1) is 0 Å². The number of hydrogen-bond acceptors (Lipinski definition) is 4. The number of carbonyl (C=O) groups excluding carboxylic acids is 1. The van der Waals surface area contributed by atoms with Crippen LogP contribution in [0.15, 0.2) is 24.4 Å². The molecule has 0 aliphatic heterocycles. The predicted octanol–water partition coefficient (Wildman–Crippen LogP) is 2.64. The number of rotatable bonds is 6. The third-order valence-corrected chi connectivity index (χ3v) is 2.61. The number of aromatic nitrogens is 1. The highest BCUT2D eigenvalue weighted by molar-refractivity contribution is 5.70. The second kappa shape index (κ2) is 7.24. The van der Waals surface area contributed by atoms with Gasteiger partial charge >= 0.3 is 5.97 Å². The van der Waals surface area contributed by atoms with Crippen LogP contribution in [0.4, 0.5) is 0 Å². The molecule has 0 saturated carbocycles. The van der Waals surface area contributed by atoms with Gasteiger partial charge in [-0.25, -0.2) is 0 Å². The quantitative estimate of drug-likeness (QED) is 0.741. The smallest absolute Gasteiger partial charge is 0.307 e. The highest BCUT2D eigenvalue weighted by Crippen LogP contribution is 2.09. The molecule has 0 spiro atoms. The lowest BCUT2D eigenvalue weighted by Crippen LogP contribution is -2.29. The summed E-state index contributed by atoms with van der Waals surface area (Å²) in [4.78, 5) is 18.1. The van der Waals surface area contributed by atoms with Crippen molar-refractivity contribution in [1.82, 2.24) is 9.88 Å². The fraction of sp³-hybridized carbons (Fsp3) is 0.600. The summed E-state index contributed by atoms with van der Waals surface area (Å²) in [6, 6.07) is 5.88. The Hall–Kier alpha value is -1.42. The molecule has 0 saturated heterocycles. The van der Waals surface area contributed by atoms with E-state index in [0.717, 1.165) is 18.8 Å². The van der Waals surface area contributed by atoms with Gasteiger partial charge in [0.05, 0.1) is 12.1 Å². The minimum Gasteiger partial charge on any atom is -0.460 e. The fourth-order valence-corrected chi connectivity index (χ4v) is 1.71.